The fourth-order valence-electron chi connectivity index (χ4n) is 2.01. The molecule has 3 aromatic rings. The zero-order valence-corrected chi connectivity index (χ0v) is 12.0. The molecule has 1 aromatic carbocycles. The van der Waals surface area contributed by atoms with Crippen molar-refractivity contribution in [1.29, 1.82) is 0 Å². The Hall–Kier alpha value is -1.88. The highest BCUT2D eigenvalue weighted by molar-refractivity contribution is 9.10. The van der Waals surface area contributed by atoms with E-state index in [1.54, 1.807) is 0 Å². The molecule has 0 bridgehead atoms. The fraction of sp³-hybridized carbons (Fsp3) is 0.143. The van der Waals surface area contributed by atoms with E-state index in [0.29, 0.717) is 0 Å². The first-order valence-electron chi connectivity index (χ1n) is 6.02. The number of aromatic amines is 1. The minimum Gasteiger partial charge on any atom is -0.373 e. The molecule has 0 aliphatic carbocycles. The number of H-pyrrole nitrogens is 1. The Labute approximate surface area is 119 Å². The summed E-state index contributed by atoms with van der Waals surface area (Å²) in [6.45, 7) is 0. The average Bonchev–Trinajstić information content (AvgIpc) is 2.79. The predicted octanol–water partition coefficient (Wildman–Crippen LogP) is 3.35. The first kappa shape index (κ1) is 12.2. The number of nitrogens with zero attached hydrogens (tertiary/aromatic N) is 2. The number of anilines is 1. The van der Waals surface area contributed by atoms with Gasteiger partial charge in [-0.05, 0) is 29.8 Å². The number of pyridine rings is 1. The summed E-state index contributed by atoms with van der Waals surface area (Å²) in [5.41, 5.74) is 2.92. The molecular weight excluding hydrogens is 304 g/mol. The van der Waals surface area contributed by atoms with Crippen molar-refractivity contribution in [2.75, 3.05) is 12.4 Å². The molecule has 0 fully saturated rings. The van der Waals surface area contributed by atoms with E-state index in [1.807, 2.05) is 31.3 Å². The molecule has 0 radical (unpaired) electrons. The number of imidazole rings is 1. The van der Waals surface area contributed by atoms with Crippen LogP contribution in [0.1, 0.15) is 11.4 Å². The van der Waals surface area contributed by atoms with E-state index < -0.39 is 0 Å². The second kappa shape index (κ2) is 5.01. The van der Waals surface area contributed by atoms with Gasteiger partial charge in [0.25, 0.3) is 0 Å². The first-order chi connectivity index (χ1) is 9.24. The Morgan fingerprint density at radius 3 is 2.89 bits per heavy atom. The number of halogens is 1. The van der Waals surface area contributed by atoms with Crippen LogP contribution in [-0.2, 0) is 6.42 Å². The van der Waals surface area contributed by atoms with Gasteiger partial charge in [-0.25, -0.2) is 9.97 Å². The molecule has 4 nitrogen and oxygen atoms in total. The molecule has 0 saturated heterocycles. The summed E-state index contributed by atoms with van der Waals surface area (Å²) >= 11 is 3.48. The van der Waals surface area contributed by atoms with Crippen molar-refractivity contribution in [3.63, 3.8) is 0 Å². The zero-order valence-electron chi connectivity index (χ0n) is 10.4. The molecule has 96 valence electrons. The molecule has 5 heteroatoms. The van der Waals surface area contributed by atoms with Gasteiger partial charge in [0.2, 0.25) is 0 Å². The largest absolute Gasteiger partial charge is 0.373 e. The molecule has 0 atom stereocenters. The van der Waals surface area contributed by atoms with Crippen LogP contribution in [0.2, 0.25) is 0 Å². The minimum atomic E-state index is 0.747. The van der Waals surface area contributed by atoms with Gasteiger partial charge in [0.05, 0.1) is 5.52 Å². The quantitative estimate of drug-likeness (QED) is 0.779. The highest BCUT2D eigenvalue weighted by atomic mass is 79.9. The van der Waals surface area contributed by atoms with Crippen LogP contribution in [0.25, 0.3) is 11.2 Å². The number of aromatic nitrogens is 3. The SMILES string of the molecule is CNc1ccc2[nH]c(Cc3cccc(Br)c3)nc2n1. The number of hydrogen-bond acceptors (Lipinski definition) is 3. The lowest BCUT2D eigenvalue weighted by Gasteiger charge is -1.98. The Kier molecular flexibility index (Phi) is 3.21. The van der Waals surface area contributed by atoms with E-state index in [2.05, 4.69) is 48.3 Å². The van der Waals surface area contributed by atoms with Crippen molar-refractivity contribution in [3.8, 4) is 0 Å². The molecule has 2 N–H and O–H groups in total. The smallest absolute Gasteiger partial charge is 0.179 e. The molecular formula is C14H13BrN4. The Morgan fingerprint density at radius 1 is 1.21 bits per heavy atom. The number of nitrogens with one attached hydrogen (secondary N) is 2. The second-order valence-electron chi connectivity index (χ2n) is 4.31. The average molecular weight is 317 g/mol. The van der Waals surface area contributed by atoms with Crippen LogP contribution in [0.5, 0.6) is 0 Å². The monoisotopic (exact) mass is 316 g/mol. The summed E-state index contributed by atoms with van der Waals surface area (Å²) in [6, 6.07) is 12.2. The Balaban J connectivity index is 1.93. The van der Waals surface area contributed by atoms with Crippen molar-refractivity contribution >= 4 is 32.9 Å². The zero-order chi connectivity index (χ0) is 13.2. The van der Waals surface area contributed by atoms with Crippen molar-refractivity contribution in [3.05, 3.63) is 52.3 Å². The lowest BCUT2D eigenvalue weighted by atomic mass is 10.1. The Bertz CT molecular complexity index is 720. The minimum absolute atomic E-state index is 0.747. The summed E-state index contributed by atoms with van der Waals surface area (Å²) < 4.78 is 1.08. The highest BCUT2D eigenvalue weighted by Gasteiger charge is 2.06. The molecule has 19 heavy (non-hydrogen) atoms. The van der Waals surface area contributed by atoms with Gasteiger partial charge in [-0.2, -0.15) is 0 Å². The molecule has 0 spiro atoms. The van der Waals surface area contributed by atoms with Crippen LogP contribution < -0.4 is 5.32 Å². The van der Waals surface area contributed by atoms with Crippen molar-refractivity contribution < 1.29 is 0 Å². The normalized spacial score (nSPS) is 10.8. The number of rotatable bonds is 3. The van der Waals surface area contributed by atoms with E-state index in [4.69, 9.17) is 0 Å². The van der Waals surface area contributed by atoms with Crippen LogP contribution in [-0.4, -0.2) is 22.0 Å². The molecule has 0 unspecified atom stereocenters. The van der Waals surface area contributed by atoms with E-state index in [-0.39, 0.29) is 0 Å². The lowest BCUT2D eigenvalue weighted by molar-refractivity contribution is 1.03. The number of hydrogen-bond donors (Lipinski definition) is 2. The third kappa shape index (κ3) is 2.61. The predicted molar refractivity (Wildman–Crippen MR) is 80.4 cm³/mol. The maximum absolute atomic E-state index is 4.52. The summed E-state index contributed by atoms with van der Waals surface area (Å²) in [6.07, 6.45) is 0.769. The molecule has 3 rings (SSSR count). The van der Waals surface area contributed by atoms with Crippen molar-refractivity contribution in [1.82, 2.24) is 15.0 Å². The second-order valence-corrected chi connectivity index (χ2v) is 5.22. The number of fused-ring (bicyclic) bond motifs is 1. The first-order valence-corrected chi connectivity index (χ1v) is 6.82. The van der Waals surface area contributed by atoms with Crippen molar-refractivity contribution in [2.45, 2.75) is 6.42 Å². The molecule has 2 heterocycles. The number of benzene rings is 1. The maximum Gasteiger partial charge on any atom is 0.179 e. The summed E-state index contributed by atoms with van der Waals surface area (Å²) in [7, 11) is 1.85. The third-order valence-corrected chi connectivity index (χ3v) is 3.40. The Morgan fingerprint density at radius 2 is 2.11 bits per heavy atom. The van der Waals surface area contributed by atoms with Gasteiger partial charge in [-0.1, -0.05) is 28.1 Å². The van der Waals surface area contributed by atoms with Crippen LogP contribution in [0.15, 0.2) is 40.9 Å². The van der Waals surface area contributed by atoms with E-state index in [0.717, 1.165) is 33.7 Å². The van der Waals surface area contributed by atoms with Gasteiger partial charge < -0.3 is 10.3 Å². The summed E-state index contributed by atoms with van der Waals surface area (Å²) in [5.74, 6) is 1.75. The summed E-state index contributed by atoms with van der Waals surface area (Å²) in [5, 5.41) is 3.01. The van der Waals surface area contributed by atoms with Gasteiger partial charge in [0.1, 0.15) is 11.6 Å². The van der Waals surface area contributed by atoms with Gasteiger partial charge in [-0.3, -0.25) is 0 Å². The molecule has 2 aromatic heterocycles. The van der Waals surface area contributed by atoms with E-state index in [1.165, 1.54) is 5.56 Å². The van der Waals surface area contributed by atoms with E-state index in [9.17, 15) is 0 Å². The van der Waals surface area contributed by atoms with Gasteiger partial charge in [0, 0.05) is 17.9 Å². The van der Waals surface area contributed by atoms with Crippen LogP contribution >= 0.6 is 15.9 Å². The topological polar surface area (TPSA) is 53.6 Å². The molecule has 0 amide bonds. The fourth-order valence-corrected chi connectivity index (χ4v) is 2.45. The highest BCUT2D eigenvalue weighted by Crippen LogP contribution is 2.17. The van der Waals surface area contributed by atoms with Gasteiger partial charge in [0.15, 0.2) is 5.65 Å². The standard InChI is InChI=1S/C14H13BrN4/c1-16-12-6-5-11-14(18-12)19-13(17-11)8-9-3-2-4-10(15)7-9/h2-7H,8H2,1H3,(H2,16,17,18,19). The third-order valence-electron chi connectivity index (χ3n) is 2.91. The molecule has 0 aliphatic heterocycles. The van der Waals surface area contributed by atoms with Crippen LogP contribution in [0, 0.1) is 0 Å². The molecule has 0 aliphatic rings. The van der Waals surface area contributed by atoms with Crippen LogP contribution in [0.4, 0.5) is 5.82 Å². The van der Waals surface area contributed by atoms with Crippen LogP contribution in [0.3, 0.4) is 0 Å². The van der Waals surface area contributed by atoms with Crippen molar-refractivity contribution in [2.24, 2.45) is 0 Å². The van der Waals surface area contributed by atoms with E-state index >= 15 is 0 Å². The van der Waals surface area contributed by atoms with Gasteiger partial charge >= 0.3 is 0 Å². The maximum atomic E-state index is 4.52. The summed E-state index contributed by atoms with van der Waals surface area (Å²) in [4.78, 5) is 12.2. The molecule has 0 saturated carbocycles. The van der Waals surface area contributed by atoms with Gasteiger partial charge in [-0.15, -0.1) is 0 Å². The lowest BCUT2D eigenvalue weighted by Crippen LogP contribution is -1.91.